The number of hydrogen-bond donors (Lipinski definition) is 0. The molecule has 2 atom stereocenters. The largest absolute Gasteiger partial charge is 0.353 e. The molecule has 1 saturated heterocycles. The van der Waals surface area contributed by atoms with E-state index in [9.17, 15) is 0 Å². The van der Waals surface area contributed by atoms with E-state index in [1.54, 1.807) is 0 Å². The molecule has 12 heavy (non-hydrogen) atoms. The fourth-order valence-electron chi connectivity index (χ4n) is 1.16. The molecule has 3 heteroatoms. The van der Waals surface area contributed by atoms with Gasteiger partial charge in [0.1, 0.15) is 6.10 Å². The van der Waals surface area contributed by atoms with Crippen LogP contribution in [0.4, 0.5) is 0 Å². The van der Waals surface area contributed by atoms with E-state index in [0.717, 1.165) is 19.4 Å². The van der Waals surface area contributed by atoms with Crippen LogP contribution in [-0.4, -0.2) is 19.0 Å². The number of rotatable bonds is 2. The lowest BCUT2D eigenvalue weighted by molar-refractivity contribution is -0.173. The smallest absolute Gasteiger partial charge is 0.159 e. The van der Waals surface area contributed by atoms with Gasteiger partial charge < -0.3 is 9.47 Å². The van der Waals surface area contributed by atoms with Crippen molar-refractivity contribution in [3.63, 3.8) is 0 Å². The minimum Gasteiger partial charge on any atom is -0.353 e. The maximum atomic E-state index is 5.45. The molecule has 0 spiro atoms. The fourth-order valence-corrected chi connectivity index (χ4v) is 1.31. The normalized spacial score (nSPS) is 25.7. The van der Waals surface area contributed by atoms with Crippen LogP contribution in [0.1, 0.15) is 26.2 Å². The van der Waals surface area contributed by atoms with E-state index in [1.807, 2.05) is 6.92 Å². The summed E-state index contributed by atoms with van der Waals surface area (Å²) in [6.07, 6.45) is 3.06. The van der Waals surface area contributed by atoms with E-state index in [-0.39, 0.29) is 12.4 Å². The molecular weight excluding hydrogens is 176 g/mol. The number of hydrogen-bond acceptors (Lipinski definition) is 2. The van der Waals surface area contributed by atoms with Gasteiger partial charge in [-0.05, 0) is 37.8 Å². The lowest BCUT2D eigenvalue weighted by atomic mass is 10.2. The molecule has 0 aliphatic carbocycles. The second-order valence-corrected chi connectivity index (χ2v) is 3.00. The summed E-state index contributed by atoms with van der Waals surface area (Å²) in [5.74, 6) is 2.71. The molecular formula is C9H13ClO2. The van der Waals surface area contributed by atoms with E-state index < -0.39 is 0 Å². The van der Waals surface area contributed by atoms with Crippen molar-refractivity contribution in [2.24, 2.45) is 0 Å². The first-order valence-corrected chi connectivity index (χ1v) is 4.59. The first-order chi connectivity index (χ1) is 5.83. The third-order valence-electron chi connectivity index (χ3n) is 1.75. The van der Waals surface area contributed by atoms with Gasteiger partial charge in [0.05, 0.1) is 0 Å². The van der Waals surface area contributed by atoms with Gasteiger partial charge in [-0.25, -0.2) is 0 Å². The minimum atomic E-state index is -0.134. The van der Waals surface area contributed by atoms with Gasteiger partial charge in [-0.15, -0.1) is 0 Å². The highest BCUT2D eigenvalue weighted by Gasteiger charge is 2.15. The van der Waals surface area contributed by atoms with Crippen LogP contribution in [0, 0.1) is 11.3 Å². The average Bonchev–Trinajstić information content (AvgIpc) is 2.06. The van der Waals surface area contributed by atoms with Crippen LogP contribution in [0.25, 0.3) is 0 Å². The fraction of sp³-hybridized carbons (Fsp3) is 0.778. The van der Waals surface area contributed by atoms with Crippen LogP contribution in [-0.2, 0) is 9.47 Å². The van der Waals surface area contributed by atoms with E-state index in [2.05, 4.69) is 11.3 Å². The molecule has 2 nitrogen and oxygen atoms in total. The molecule has 1 fully saturated rings. The van der Waals surface area contributed by atoms with Crippen molar-refractivity contribution < 1.29 is 9.47 Å². The standard InChI is InChI=1S/C9H13ClO2/c1-8(5-6-10)12-9-4-2-3-7-11-9/h8-9H,2-4,7H2,1H3. The van der Waals surface area contributed by atoms with E-state index in [4.69, 9.17) is 21.1 Å². The highest BCUT2D eigenvalue weighted by atomic mass is 35.5. The zero-order valence-electron chi connectivity index (χ0n) is 7.18. The predicted molar refractivity (Wildman–Crippen MR) is 47.8 cm³/mol. The SMILES string of the molecule is CC(C#CCl)OC1CCCCO1. The summed E-state index contributed by atoms with van der Waals surface area (Å²) < 4.78 is 10.8. The van der Waals surface area contributed by atoms with E-state index in [1.165, 1.54) is 6.42 Å². The zero-order chi connectivity index (χ0) is 8.81. The highest BCUT2D eigenvalue weighted by Crippen LogP contribution is 2.14. The van der Waals surface area contributed by atoms with E-state index in [0.29, 0.717) is 0 Å². The Morgan fingerprint density at radius 3 is 3.00 bits per heavy atom. The first-order valence-electron chi connectivity index (χ1n) is 4.21. The quantitative estimate of drug-likeness (QED) is 0.618. The summed E-state index contributed by atoms with van der Waals surface area (Å²) in [6, 6.07) is 0. The van der Waals surface area contributed by atoms with E-state index >= 15 is 0 Å². The van der Waals surface area contributed by atoms with Crippen molar-refractivity contribution in [3.8, 4) is 11.3 Å². The third kappa shape index (κ3) is 3.44. The molecule has 0 aromatic heterocycles. The van der Waals surface area contributed by atoms with Crippen LogP contribution >= 0.6 is 11.6 Å². The summed E-state index contributed by atoms with van der Waals surface area (Å²) in [4.78, 5) is 0. The van der Waals surface area contributed by atoms with Gasteiger partial charge in [-0.3, -0.25) is 0 Å². The lowest BCUT2D eigenvalue weighted by Crippen LogP contribution is -2.25. The van der Waals surface area contributed by atoms with Crippen LogP contribution in [0.2, 0.25) is 0 Å². The summed E-state index contributed by atoms with van der Waals surface area (Å²) >= 11 is 5.23. The molecule has 68 valence electrons. The Morgan fingerprint density at radius 1 is 1.58 bits per heavy atom. The molecule has 1 aliphatic heterocycles. The second-order valence-electron chi connectivity index (χ2n) is 2.81. The maximum absolute atomic E-state index is 5.45. The Morgan fingerprint density at radius 2 is 2.42 bits per heavy atom. The monoisotopic (exact) mass is 188 g/mol. The van der Waals surface area contributed by atoms with Gasteiger partial charge in [0, 0.05) is 12.0 Å². The van der Waals surface area contributed by atoms with Crippen molar-refractivity contribution in [1.29, 1.82) is 0 Å². The van der Waals surface area contributed by atoms with Gasteiger partial charge in [-0.2, -0.15) is 0 Å². The Balaban J connectivity index is 2.22. The third-order valence-corrected chi connectivity index (χ3v) is 1.86. The number of ether oxygens (including phenoxy) is 2. The summed E-state index contributed by atoms with van der Waals surface area (Å²) in [6.45, 7) is 2.67. The first kappa shape index (κ1) is 9.85. The van der Waals surface area contributed by atoms with Crippen molar-refractivity contribution >= 4 is 11.6 Å². The Labute approximate surface area is 78.2 Å². The van der Waals surface area contributed by atoms with Crippen LogP contribution in [0.5, 0.6) is 0 Å². The molecule has 0 N–H and O–H groups in total. The molecule has 1 aliphatic rings. The Hall–Kier alpha value is -0.230. The Bertz CT molecular complexity index is 177. The second kappa shape index (κ2) is 5.42. The molecule has 0 amide bonds. The molecule has 0 radical (unpaired) electrons. The van der Waals surface area contributed by atoms with Crippen LogP contribution < -0.4 is 0 Å². The van der Waals surface area contributed by atoms with Gasteiger partial charge in [0.2, 0.25) is 0 Å². The number of halogens is 1. The summed E-state index contributed by atoms with van der Waals surface area (Å²) in [5, 5.41) is 2.30. The lowest BCUT2D eigenvalue weighted by Gasteiger charge is -2.23. The van der Waals surface area contributed by atoms with Crippen molar-refractivity contribution in [2.75, 3.05) is 6.61 Å². The summed E-state index contributed by atoms with van der Waals surface area (Å²) in [5.41, 5.74) is 0. The molecule has 0 bridgehead atoms. The molecule has 0 aromatic rings. The zero-order valence-corrected chi connectivity index (χ0v) is 7.93. The molecule has 0 saturated carbocycles. The Kier molecular flexibility index (Phi) is 4.45. The van der Waals surface area contributed by atoms with Crippen molar-refractivity contribution in [1.82, 2.24) is 0 Å². The summed E-state index contributed by atoms with van der Waals surface area (Å²) in [7, 11) is 0. The predicted octanol–water partition coefficient (Wildman–Crippen LogP) is 2.12. The molecule has 0 aromatic carbocycles. The van der Waals surface area contributed by atoms with Gasteiger partial charge in [0.25, 0.3) is 0 Å². The topological polar surface area (TPSA) is 18.5 Å². The highest BCUT2D eigenvalue weighted by molar-refractivity contribution is 6.30. The van der Waals surface area contributed by atoms with Crippen molar-refractivity contribution in [2.45, 2.75) is 38.6 Å². The average molecular weight is 189 g/mol. The van der Waals surface area contributed by atoms with Gasteiger partial charge in [-0.1, -0.05) is 5.92 Å². The van der Waals surface area contributed by atoms with Gasteiger partial charge >= 0.3 is 0 Å². The molecule has 1 heterocycles. The van der Waals surface area contributed by atoms with Crippen LogP contribution in [0.15, 0.2) is 0 Å². The molecule has 1 rings (SSSR count). The molecule has 2 unspecified atom stereocenters. The maximum Gasteiger partial charge on any atom is 0.159 e. The van der Waals surface area contributed by atoms with Crippen molar-refractivity contribution in [3.05, 3.63) is 0 Å². The van der Waals surface area contributed by atoms with Gasteiger partial charge in [0.15, 0.2) is 6.29 Å². The minimum absolute atomic E-state index is 0.0775. The van der Waals surface area contributed by atoms with Crippen LogP contribution in [0.3, 0.4) is 0 Å².